The second-order valence-electron chi connectivity index (χ2n) is 6.24. The SMILES string of the molecule is COc1cc(C)cc(C)c1S(=O)(=O)N1CCCC(C(C)N)C1. The van der Waals surface area contributed by atoms with Crippen molar-refractivity contribution in [1.29, 1.82) is 0 Å². The highest BCUT2D eigenvalue weighted by atomic mass is 32.2. The van der Waals surface area contributed by atoms with Gasteiger partial charge in [0.05, 0.1) is 7.11 Å². The van der Waals surface area contributed by atoms with Gasteiger partial charge in [0.1, 0.15) is 10.6 Å². The predicted octanol–water partition coefficient (Wildman–Crippen LogP) is 2.06. The fourth-order valence-corrected chi connectivity index (χ4v) is 5.03. The molecule has 0 bridgehead atoms. The lowest BCUT2D eigenvalue weighted by molar-refractivity contribution is 0.242. The van der Waals surface area contributed by atoms with Gasteiger partial charge in [-0.2, -0.15) is 4.31 Å². The summed E-state index contributed by atoms with van der Waals surface area (Å²) >= 11 is 0. The maximum absolute atomic E-state index is 13.1. The minimum absolute atomic E-state index is 0.000916. The fraction of sp³-hybridized carbons (Fsp3) is 0.625. The first kappa shape index (κ1) is 17.2. The number of nitrogens with two attached hydrogens (primary N) is 1. The quantitative estimate of drug-likeness (QED) is 0.919. The third-order valence-electron chi connectivity index (χ3n) is 4.37. The summed E-state index contributed by atoms with van der Waals surface area (Å²) in [6, 6.07) is 3.65. The third kappa shape index (κ3) is 3.29. The molecule has 124 valence electrons. The average Bonchev–Trinajstić information content (AvgIpc) is 2.46. The Kier molecular flexibility index (Phi) is 5.14. The van der Waals surface area contributed by atoms with E-state index in [0.717, 1.165) is 24.0 Å². The molecular weight excluding hydrogens is 300 g/mol. The van der Waals surface area contributed by atoms with Crippen LogP contribution in [0.4, 0.5) is 0 Å². The summed E-state index contributed by atoms with van der Waals surface area (Å²) in [5, 5.41) is 0. The molecule has 1 aliphatic rings. The summed E-state index contributed by atoms with van der Waals surface area (Å²) in [5.74, 6) is 0.626. The number of rotatable bonds is 4. The number of piperidine rings is 1. The van der Waals surface area contributed by atoms with Crippen LogP contribution >= 0.6 is 0 Å². The fourth-order valence-electron chi connectivity index (χ4n) is 3.15. The first-order chi connectivity index (χ1) is 10.3. The van der Waals surface area contributed by atoms with Crippen LogP contribution in [0.25, 0.3) is 0 Å². The van der Waals surface area contributed by atoms with E-state index in [0.29, 0.717) is 18.8 Å². The van der Waals surface area contributed by atoms with E-state index in [1.807, 2.05) is 26.8 Å². The minimum atomic E-state index is -3.57. The molecule has 0 aromatic heterocycles. The summed E-state index contributed by atoms with van der Waals surface area (Å²) in [6.45, 7) is 6.71. The van der Waals surface area contributed by atoms with E-state index < -0.39 is 10.0 Å². The molecule has 1 saturated heterocycles. The summed E-state index contributed by atoms with van der Waals surface area (Å²) in [4.78, 5) is 0.283. The number of hydrogen-bond donors (Lipinski definition) is 1. The van der Waals surface area contributed by atoms with E-state index in [9.17, 15) is 8.42 Å². The highest BCUT2D eigenvalue weighted by Gasteiger charge is 2.34. The molecule has 1 aliphatic heterocycles. The number of aryl methyl sites for hydroxylation is 2. The first-order valence-electron chi connectivity index (χ1n) is 7.68. The van der Waals surface area contributed by atoms with Crippen LogP contribution in [0.3, 0.4) is 0 Å². The van der Waals surface area contributed by atoms with Crippen LogP contribution in [-0.2, 0) is 10.0 Å². The number of benzene rings is 1. The van der Waals surface area contributed by atoms with Crippen LogP contribution in [0.2, 0.25) is 0 Å². The Morgan fingerprint density at radius 1 is 1.36 bits per heavy atom. The maximum atomic E-state index is 13.1. The number of methoxy groups -OCH3 is 1. The Bertz CT molecular complexity index is 641. The molecule has 1 aromatic rings. The molecule has 1 fully saturated rings. The largest absolute Gasteiger partial charge is 0.495 e. The molecule has 0 radical (unpaired) electrons. The first-order valence-corrected chi connectivity index (χ1v) is 9.12. The minimum Gasteiger partial charge on any atom is -0.495 e. The monoisotopic (exact) mass is 326 g/mol. The Morgan fingerprint density at radius 2 is 2.05 bits per heavy atom. The van der Waals surface area contributed by atoms with E-state index in [2.05, 4.69) is 0 Å². The van der Waals surface area contributed by atoms with Crippen molar-refractivity contribution >= 4 is 10.0 Å². The van der Waals surface area contributed by atoms with Crippen molar-refractivity contribution in [2.45, 2.75) is 44.6 Å². The van der Waals surface area contributed by atoms with Crippen LogP contribution in [0.15, 0.2) is 17.0 Å². The molecule has 2 rings (SSSR count). The molecule has 1 heterocycles. The second-order valence-corrected chi connectivity index (χ2v) is 8.11. The highest BCUT2D eigenvalue weighted by molar-refractivity contribution is 7.89. The van der Waals surface area contributed by atoms with Gasteiger partial charge >= 0.3 is 0 Å². The van der Waals surface area contributed by atoms with Gasteiger partial charge in [-0.25, -0.2) is 8.42 Å². The van der Waals surface area contributed by atoms with Crippen molar-refractivity contribution in [2.75, 3.05) is 20.2 Å². The highest BCUT2D eigenvalue weighted by Crippen LogP contribution is 2.33. The predicted molar refractivity (Wildman–Crippen MR) is 87.6 cm³/mol. The molecule has 2 atom stereocenters. The maximum Gasteiger partial charge on any atom is 0.247 e. The van der Waals surface area contributed by atoms with Gasteiger partial charge in [0.15, 0.2) is 0 Å². The molecule has 0 spiro atoms. The smallest absolute Gasteiger partial charge is 0.247 e. The van der Waals surface area contributed by atoms with Crippen LogP contribution in [-0.4, -0.2) is 39.0 Å². The summed E-state index contributed by atoms with van der Waals surface area (Å²) in [6.07, 6.45) is 1.83. The van der Waals surface area contributed by atoms with Crippen molar-refractivity contribution in [3.8, 4) is 5.75 Å². The molecule has 5 nitrogen and oxygen atoms in total. The van der Waals surface area contributed by atoms with E-state index in [1.165, 1.54) is 7.11 Å². The zero-order valence-electron chi connectivity index (χ0n) is 13.8. The molecule has 2 unspecified atom stereocenters. The Labute approximate surface area is 133 Å². The van der Waals surface area contributed by atoms with E-state index in [1.54, 1.807) is 10.4 Å². The zero-order chi connectivity index (χ0) is 16.5. The van der Waals surface area contributed by atoms with Gasteiger partial charge in [0.2, 0.25) is 10.0 Å². The van der Waals surface area contributed by atoms with Gasteiger partial charge in [0, 0.05) is 19.1 Å². The number of ether oxygens (including phenoxy) is 1. The lowest BCUT2D eigenvalue weighted by atomic mass is 9.93. The van der Waals surface area contributed by atoms with Crippen LogP contribution < -0.4 is 10.5 Å². The second kappa shape index (κ2) is 6.56. The van der Waals surface area contributed by atoms with Gasteiger partial charge in [-0.05, 0) is 56.7 Å². The van der Waals surface area contributed by atoms with Crippen LogP contribution in [0.1, 0.15) is 30.9 Å². The van der Waals surface area contributed by atoms with E-state index in [-0.39, 0.29) is 16.9 Å². The summed E-state index contributed by atoms with van der Waals surface area (Å²) in [7, 11) is -2.06. The topological polar surface area (TPSA) is 72.6 Å². The number of hydrogen-bond acceptors (Lipinski definition) is 4. The van der Waals surface area contributed by atoms with Crippen molar-refractivity contribution in [3.05, 3.63) is 23.3 Å². The molecule has 0 aliphatic carbocycles. The summed E-state index contributed by atoms with van der Waals surface area (Å²) < 4.78 is 33.0. The van der Waals surface area contributed by atoms with Gasteiger partial charge in [0.25, 0.3) is 0 Å². The summed E-state index contributed by atoms with van der Waals surface area (Å²) in [5.41, 5.74) is 7.68. The Morgan fingerprint density at radius 3 is 2.64 bits per heavy atom. The zero-order valence-corrected chi connectivity index (χ0v) is 14.6. The number of nitrogens with zero attached hydrogens (tertiary/aromatic N) is 1. The number of sulfonamides is 1. The lowest BCUT2D eigenvalue weighted by Gasteiger charge is -2.34. The molecule has 6 heteroatoms. The van der Waals surface area contributed by atoms with Gasteiger partial charge in [-0.1, -0.05) is 6.07 Å². The molecule has 0 amide bonds. The van der Waals surface area contributed by atoms with E-state index in [4.69, 9.17) is 10.5 Å². The normalized spacial score (nSPS) is 21.6. The Hall–Kier alpha value is -1.11. The molecule has 2 N–H and O–H groups in total. The van der Waals surface area contributed by atoms with E-state index >= 15 is 0 Å². The molecular formula is C16H26N2O3S. The van der Waals surface area contributed by atoms with Crippen molar-refractivity contribution < 1.29 is 13.2 Å². The van der Waals surface area contributed by atoms with Gasteiger partial charge < -0.3 is 10.5 Å². The van der Waals surface area contributed by atoms with Crippen LogP contribution in [0.5, 0.6) is 5.75 Å². The lowest BCUT2D eigenvalue weighted by Crippen LogP contribution is -2.45. The van der Waals surface area contributed by atoms with Crippen molar-refractivity contribution in [1.82, 2.24) is 4.31 Å². The van der Waals surface area contributed by atoms with Gasteiger partial charge in [-0.15, -0.1) is 0 Å². The molecule has 0 saturated carbocycles. The van der Waals surface area contributed by atoms with Crippen LogP contribution in [0, 0.1) is 19.8 Å². The van der Waals surface area contributed by atoms with Crippen molar-refractivity contribution in [3.63, 3.8) is 0 Å². The van der Waals surface area contributed by atoms with Crippen molar-refractivity contribution in [2.24, 2.45) is 11.7 Å². The van der Waals surface area contributed by atoms with Gasteiger partial charge in [-0.3, -0.25) is 0 Å². The standard InChI is InChI=1S/C16H26N2O3S/c1-11-8-12(2)16(15(9-11)21-4)22(19,20)18-7-5-6-14(10-18)13(3)17/h8-9,13-14H,5-7,10,17H2,1-4H3. The third-order valence-corrected chi connectivity index (χ3v) is 6.42. The average molecular weight is 326 g/mol. The molecule has 22 heavy (non-hydrogen) atoms. The molecule has 1 aromatic carbocycles. The Balaban J connectivity index is 2.43.